The summed E-state index contributed by atoms with van der Waals surface area (Å²) in [5.41, 5.74) is 7.52. The second-order valence-electron chi connectivity index (χ2n) is 6.10. The number of fused-ring (bicyclic) bond motifs is 1. The minimum absolute atomic E-state index is 0.0536. The molecular weight excluding hydrogens is 262 g/mol. The molecule has 0 fully saturated rings. The second kappa shape index (κ2) is 6.87. The molecule has 2 rings (SSSR count). The largest absolute Gasteiger partial charge is 0.382 e. The molecule has 0 aliphatic carbocycles. The Balaban J connectivity index is 2.28. The third-order valence-electron chi connectivity index (χ3n) is 4.30. The lowest BCUT2D eigenvalue weighted by Crippen LogP contribution is -2.29. The predicted molar refractivity (Wildman–Crippen MR) is 87.1 cm³/mol. The summed E-state index contributed by atoms with van der Waals surface area (Å²) in [6.45, 7) is 6.78. The highest BCUT2D eigenvalue weighted by Crippen LogP contribution is 2.32. The van der Waals surface area contributed by atoms with E-state index in [1.54, 1.807) is 0 Å². The number of unbranched alkanes of at least 4 members (excludes halogenated alkanes) is 3. The number of anilines is 1. The van der Waals surface area contributed by atoms with E-state index in [1.165, 1.54) is 32.0 Å². The number of hydrogen-bond acceptors (Lipinski definition) is 4. The highest BCUT2D eigenvalue weighted by molar-refractivity contribution is 5.81. The smallest absolute Gasteiger partial charge is 0.165 e. The van der Waals surface area contributed by atoms with Crippen LogP contribution in [0, 0.1) is 0 Å². The molecule has 2 N–H and O–H groups in total. The van der Waals surface area contributed by atoms with E-state index in [9.17, 15) is 0 Å². The Bertz CT molecular complexity index is 577. The van der Waals surface area contributed by atoms with Crippen molar-refractivity contribution in [3.05, 3.63) is 12.7 Å². The van der Waals surface area contributed by atoms with Gasteiger partial charge in [0.05, 0.1) is 6.33 Å². The quantitative estimate of drug-likeness (QED) is 0.748. The van der Waals surface area contributed by atoms with Gasteiger partial charge in [0, 0.05) is 5.54 Å². The maximum Gasteiger partial charge on any atom is 0.165 e. The summed E-state index contributed by atoms with van der Waals surface area (Å²) in [5.74, 6) is 0.462. The molecule has 2 aromatic heterocycles. The maximum atomic E-state index is 5.90. The van der Waals surface area contributed by atoms with E-state index in [4.69, 9.17) is 5.73 Å². The van der Waals surface area contributed by atoms with Crippen LogP contribution < -0.4 is 5.73 Å². The summed E-state index contributed by atoms with van der Waals surface area (Å²) in [7, 11) is 0. The highest BCUT2D eigenvalue weighted by Gasteiger charge is 2.27. The maximum absolute atomic E-state index is 5.90. The van der Waals surface area contributed by atoms with Gasteiger partial charge in [-0.05, 0) is 19.8 Å². The third-order valence-corrected chi connectivity index (χ3v) is 4.30. The average molecular weight is 289 g/mol. The minimum Gasteiger partial charge on any atom is -0.382 e. The molecular formula is C16H27N5. The first-order valence-corrected chi connectivity index (χ1v) is 8.06. The van der Waals surface area contributed by atoms with Crippen LogP contribution in [0.25, 0.3) is 11.2 Å². The van der Waals surface area contributed by atoms with Crippen molar-refractivity contribution in [1.82, 2.24) is 19.5 Å². The fourth-order valence-corrected chi connectivity index (χ4v) is 3.09. The SMILES string of the molecule is CCCCCCC(C)(CCC)n1cnc2c(N)ncnc21. The fraction of sp³-hybridized carbons (Fsp3) is 0.688. The Morgan fingerprint density at radius 3 is 2.57 bits per heavy atom. The Morgan fingerprint density at radius 1 is 1.05 bits per heavy atom. The van der Waals surface area contributed by atoms with Gasteiger partial charge in [0.1, 0.15) is 11.8 Å². The molecule has 0 spiro atoms. The highest BCUT2D eigenvalue weighted by atomic mass is 15.2. The van der Waals surface area contributed by atoms with Crippen molar-refractivity contribution in [3.63, 3.8) is 0 Å². The zero-order valence-electron chi connectivity index (χ0n) is 13.5. The Morgan fingerprint density at radius 2 is 1.86 bits per heavy atom. The molecule has 0 aromatic carbocycles. The number of rotatable bonds is 8. The zero-order valence-corrected chi connectivity index (χ0v) is 13.5. The van der Waals surface area contributed by atoms with Crippen LogP contribution in [0.2, 0.25) is 0 Å². The Labute approximate surface area is 127 Å². The normalized spacial score (nSPS) is 14.4. The molecule has 21 heavy (non-hydrogen) atoms. The molecule has 1 atom stereocenters. The summed E-state index contributed by atoms with van der Waals surface area (Å²) in [5, 5.41) is 0. The second-order valence-corrected chi connectivity index (χ2v) is 6.10. The molecule has 5 heteroatoms. The number of nitrogens with zero attached hydrogens (tertiary/aromatic N) is 4. The predicted octanol–water partition coefficient (Wildman–Crippen LogP) is 3.89. The van der Waals surface area contributed by atoms with Crippen LogP contribution in [0.5, 0.6) is 0 Å². The number of nitrogen functional groups attached to an aromatic ring is 1. The minimum atomic E-state index is 0.0536. The van der Waals surface area contributed by atoms with Crippen molar-refractivity contribution in [2.75, 3.05) is 5.73 Å². The Kier molecular flexibility index (Phi) is 5.15. The summed E-state index contributed by atoms with van der Waals surface area (Å²) >= 11 is 0. The first kappa shape index (κ1) is 15.7. The molecule has 0 radical (unpaired) electrons. The zero-order chi connectivity index (χ0) is 15.3. The molecule has 116 valence electrons. The van der Waals surface area contributed by atoms with E-state index in [-0.39, 0.29) is 5.54 Å². The van der Waals surface area contributed by atoms with Gasteiger partial charge in [-0.1, -0.05) is 46.0 Å². The van der Waals surface area contributed by atoms with E-state index < -0.39 is 0 Å². The van der Waals surface area contributed by atoms with Gasteiger partial charge < -0.3 is 10.3 Å². The molecule has 0 saturated heterocycles. The fourth-order valence-electron chi connectivity index (χ4n) is 3.09. The van der Waals surface area contributed by atoms with E-state index in [2.05, 4.69) is 40.3 Å². The number of aromatic nitrogens is 4. The van der Waals surface area contributed by atoms with E-state index >= 15 is 0 Å². The first-order chi connectivity index (χ1) is 10.1. The molecule has 0 bridgehead atoms. The summed E-state index contributed by atoms with van der Waals surface area (Å²) < 4.78 is 2.20. The van der Waals surface area contributed by atoms with Gasteiger partial charge in [-0.3, -0.25) is 0 Å². The number of nitrogens with two attached hydrogens (primary N) is 1. The lowest BCUT2D eigenvalue weighted by Gasteiger charge is -2.31. The van der Waals surface area contributed by atoms with Crippen LogP contribution in [0.3, 0.4) is 0 Å². The molecule has 2 aromatic rings. The van der Waals surface area contributed by atoms with Crippen LogP contribution in [-0.4, -0.2) is 19.5 Å². The van der Waals surface area contributed by atoms with Crippen molar-refractivity contribution >= 4 is 17.0 Å². The van der Waals surface area contributed by atoms with Gasteiger partial charge in [-0.15, -0.1) is 0 Å². The molecule has 1 unspecified atom stereocenters. The third kappa shape index (κ3) is 3.34. The van der Waals surface area contributed by atoms with Crippen molar-refractivity contribution in [2.24, 2.45) is 0 Å². The monoisotopic (exact) mass is 289 g/mol. The van der Waals surface area contributed by atoms with Crippen LogP contribution >= 0.6 is 0 Å². The number of imidazole rings is 1. The molecule has 0 amide bonds. The number of hydrogen-bond donors (Lipinski definition) is 1. The van der Waals surface area contributed by atoms with E-state index in [1.807, 2.05) is 6.33 Å². The van der Waals surface area contributed by atoms with E-state index in [0.717, 1.165) is 24.9 Å². The lowest BCUT2D eigenvalue weighted by molar-refractivity contribution is 0.263. The standard InChI is InChI=1S/C16H27N5/c1-4-6-7-8-10-16(3,9-5-2)21-12-20-13-14(17)18-11-19-15(13)21/h11-12H,4-10H2,1-3H3,(H2,17,18,19). The topological polar surface area (TPSA) is 69.6 Å². The molecule has 0 aliphatic heterocycles. The van der Waals surface area contributed by atoms with Crippen LogP contribution in [-0.2, 0) is 5.54 Å². The average Bonchev–Trinajstić information content (AvgIpc) is 2.90. The van der Waals surface area contributed by atoms with Crippen LogP contribution in [0.15, 0.2) is 12.7 Å². The molecule has 0 aliphatic rings. The van der Waals surface area contributed by atoms with Gasteiger partial charge >= 0.3 is 0 Å². The van der Waals surface area contributed by atoms with Gasteiger partial charge in [-0.2, -0.15) is 0 Å². The van der Waals surface area contributed by atoms with Crippen LogP contribution in [0.1, 0.15) is 65.7 Å². The van der Waals surface area contributed by atoms with Gasteiger partial charge in [0.2, 0.25) is 0 Å². The Hall–Kier alpha value is -1.65. The van der Waals surface area contributed by atoms with E-state index in [0.29, 0.717) is 11.3 Å². The molecule has 0 saturated carbocycles. The van der Waals surface area contributed by atoms with Gasteiger partial charge in [0.15, 0.2) is 11.5 Å². The summed E-state index contributed by atoms with van der Waals surface area (Å²) in [6, 6.07) is 0. The van der Waals surface area contributed by atoms with Gasteiger partial charge in [-0.25, -0.2) is 15.0 Å². The first-order valence-electron chi connectivity index (χ1n) is 8.06. The van der Waals surface area contributed by atoms with Gasteiger partial charge in [0.25, 0.3) is 0 Å². The molecule has 5 nitrogen and oxygen atoms in total. The van der Waals surface area contributed by atoms with Crippen molar-refractivity contribution in [3.8, 4) is 0 Å². The van der Waals surface area contributed by atoms with Crippen molar-refractivity contribution in [2.45, 2.75) is 71.3 Å². The molecule has 2 heterocycles. The summed E-state index contributed by atoms with van der Waals surface area (Å²) in [4.78, 5) is 12.9. The lowest BCUT2D eigenvalue weighted by atomic mass is 9.89. The summed E-state index contributed by atoms with van der Waals surface area (Å²) in [6.07, 6.45) is 11.9. The van der Waals surface area contributed by atoms with Crippen LogP contribution in [0.4, 0.5) is 5.82 Å². The van der Waals surface area contributed by atoms with Crippen molar-refractivity contribution < 1.29 is 0 Å². The van der Waals surface area contributed by atoms with Crippen molar-refractivity contribution in [1.29, 1.82) is 0 Å².